The average molecular weight is 768 g/mol. The first-order valence-corrected chi connectivity index (χ1v) is 25.1. The van der Waals surface area contributed by atoms with Crippen molar-refractivity contribution in [1.29, 1.82) is 0 Å². The number of hydrogen-bond donors (Lipinski definition) is 0. The molecular weight excluding hydrogens is 684 g/mol. The van der Waals surface area contributed by atoms with Crippen LogP contribution in [0.15, 0.2) is 48.6 Å². The Hall–Kier alpha value is -0.463. The van der Waals surface area contributed by atoms with Crippen molar-refractivity contribution in [2.24, 2.45) is 0 Å². The fourth-order valence-electron chi connectivity index (χ4n) is 5.82. The Morgan fingerprint density at radius 1 is 0.469 bits per heavy atom. The van der Waals surface area contributed by atoms with E-state index in [0.717, 1.165) is 50.6 Å². The predicted octanol–water partition coefficient (Wildman–Crippen LogP) is 15.6. The van der Waals surface area contributed by atoms with E-state index in [1.54, 1.807) is 0 Å². The molecule has 0 aliphatic rings. The van der Waals surface area contributed by atoms with E-state index in [1.165, 1.54) is 148 Å². The summed E-state index contributed by atoms with van der Waals surface area (Å²) in [5.41, 5.74) is 0. The van der Waals surface area contributed by atoms with Gasteiger partial charge in [0.1, 0.15) is 6.29 Å². The van der Waals surface area contributed by atoms with Crippen LogP contribution in [0.3, 0.4) is 0 Å². The molecule has 1 atom stereocenters. The lowest BCUT2D eigenvalue weighted by Gasteiger charge is -2.29. The van der Waals surface area contributed by atoms with Crippen LogP contribution in [0.4, 0.5) is 0 Å². The van der Waals surface area contributed by atoms with E-state index in [0.29, 0.717) is 0 Å². The second kappa shape index (κ2) is 40.3. The number of rotatable bonds is 39. The van der Waals surface area contributed by atoms with Crippen molar-refractivity contribution in [3.05, 3.63) is 48.6 Å². The monoisotopic (exact) mass is 767 g/mol. The summed E-state index contributed by atoms with van der Waals surface area (Å²) >= 11 is 3.53. The number of allylic oxidation sites excluding steroid dienone is 8. The van der Waals surface area contributed by atoms with Gasteiger partial charge >= 0.3 is 8.56 Å². The first-order chi connectivity index (χ1) is 24.1. The fraction of sp³-hybridized carbons (Fsp3) is 0.818. The van der Waals surface area contributed by atoms with Crippen LogP contribution in [0, 0.1) is 0 Å². The molecule has 0 aromatic carbocycles. The van der Waals surface area contributed by atoms with Crippen LogP contribution in [0.5, 0.6) is 0 Å². The van der Waals surface area contributed by atoms with Crippen LogP contribution in [-0.2, 0) is 13.6 Å². The van der Waals surface area contributed by atoms with Crippen molar-refractivity contribution >= 4 is 24.5 Å². The van der Waals surface area contributed by atoms with Gasteiger partial charge in [0.05, 0.1) is 0 Å². The molecule has 0 rings (SSSR count). The standard InChI is InChI=1S/C44H83BrO3Si/c1-5-7-9-11-13-15-17-19-21-23-25-27-29-31-34-38-42-46-44(48-49(3,4)47-43-39-35-33-37-41-45)40-36-32-30-28-26-24-22-20-18-16-14-12-10-8-6-2/h13-16,19-22,44H,5-12,17-18,23-43H2,1-4H3/b15-13-,16-14-,21-19-,22-20-. The zero-order valence-electron chi connectivity index (χ0n) is 33.2. The molecule has 0 fully saturated rings. The molecule has 0 spiro atoms. The van der Waals surface area contributed by atoms with E-state index >= 15 is 0 Å². The summed E-state index contributed by atoms with van der Waals surface area (Å²) in [5.74, 6) is 0. The lowest BCUT2D eigenvalue weighted by atomic mass is 10.1. The van der Waals surface area contributed by atoms with E-state index < -0.39 is 8.56 Å². The molecule has 49 heavy (non-hydrogen) atoms. The average Bonchev–Trinajstić information content (AvgIpc) is 3.09. The van der Waals surface area contributed by atoms with E-state index in [9.17, 15) is 0 Å². The summed E-state index contributed by atoms with van der Waals surface area (Å²) in [4.78, 5) is 0. The van der Waals surface area contributed by atoms with Gasteiger partial charge in [-0.2, -0.15) is 0 Å². The van der Waals surface area contributed by atoms with Crippen molar-refractivity contribution in [3.8, 4) is 0 Å². The number of hydrogen-bond acceptors (Lipinski definition) is 3. The third-order valence-electron chi connectivity index (χ3n) is 8.93. The fourth-order valence-corrected chi connectivity index (χ4v) is 7.74. The highest BCUT2D eigenvalue weighted by atomic mass is 79.9. The molecule has 5 heteroatoms. The van der Waals surface area contributed by atoms with Crippen molar-refractivity contribution in [2.75, 3.05) is 18.5 Å². The van der Waals surface area contributed by atoms with Gasteiger partial charge in [-0.15, -0.1) is 0 Å². The molecule has 1 unspecified atom stereocenters. The highest BCUT2D eigenvalue weighted by Gasteiger charge is 2.29. The van der Waals surface area contributed by atoms with Crippen LogP contribution < -0.4 is 0 Å². The van der Waals surface area contributed by atoms with E-state index in [-0.39, 0.29) is 6.29 Å². The highest BCUT2D eigenvalue weighted by Crippen LogP contribution is 2.19. The van der Waals surface area contributed by atoms with Gasteiger partial charge in [0.15, 0.2) is 0 Å². The van der Waals surface area contributed by atoms with Crippen LogP contribution in [0.2, 0.25) is 13.1 Å². The lowest BCUT2D eigenvalue weighted by molar-refractivity contribution is -0.104. The van der Waals surface area contributed by atoms with Crippen molar-refractivity contribution in [3.63, 3.8) is 0 Å². The predicted molar refractivity (Wildman–Crippen MR) is 225 cm³/mol. The summed E-state index contributed by atoms with van der Waals surface area (Å²) in [7, 11) is -2.21. The van der Waals surface area contributed by atoms with Gasteiger partial charge in [-0.25, -0.2) is 0 Å². The molecule has 0 aliphatic carbocycles. The lowest BCUT2D eigenvalue weighted by Crippen LogP contribution is -2.40. The largest absolute Gasteiger partial charge is 0.394 e. The molecule has 0 saturated carbocycles. The molecule has 3 nitrogen and oxygen atoms in total. The molecule has 288 valence electrons. The highest BCUT2D eigenvalue weighted by molar-refractivity contribution is 9.09. The number of ether oxygens (including phenoxy) is 1. The minimum Gasteiger partial charge on any atom is -0.394 e. The third kappa shape index (κ3) is 40.2. The van der Waals surface area contributed by atoms with Gasteiger partial charge in [0.25, 0.3) is 0 Å². The van der Waals surface area contributed by atoms with Gasteiger partial charge < -0.3 is 13.6 Å². The molecule has 0 aliphatic heterocycles. The van der Waals surface area contributed by atoms with Gasteiger partial charge in [0, 0.05) is 18.5 Å². The summed E-state index contributed by atoms with van der Waals surface area (Å²) in [5, 5.41) is 1.10. The number of alkyl halides is 1. The Bertz CT molecular complexity index is 763. The van der Waals surface area contributed by atoms with E-state index in [2.05, 4.69) is 91.5 Å². The molecule has 0 aromatic rings. The molecule has 0 radical (unpaired) electrons. The minimum atomic E-state index is -2.21. The maximum atomic E-state index is 6.58. The van der Waals surface area contributed by atoms with E-state index in [4.69, 9.17) is 13.6 Å². The maximum absolute atomic E-state index is 6.58. The quantitative estimate of drug-likeness (QED) is 0.0205. The third-order valence-corrected chi connectivity index (χ3v) is 11.2. The molecule has 0 amide bonds. The second-order valence-corrected chi connectivity index (χ2v) is 18.5. The summed E-state index contributed by atoms with van der Waals surface area (Å²) in [6.07, 6.45) is 53.6. The first-order valence-electron chi connectivity index (χ1n) is 21.1. The first kappa shape index (κ1) is 48.5. The zero-order valence-corrected chi connectivity index (χ0v) is 35.8. The van der Waals surface area contributed by atoms with Crippen molar-refractivity contribution in [1.82, 2.24) is 0 Å². The second-order valence-electron chi connectivity index (χ2n) is 14.4. The number of halogens is 1. The van der Waals surface area contributed by atoms with Gasteiger partial charge in [-0.05, 0) is 109 Å². The van der Waals surface area contributed by atoms with Crippen LogP contribution in [0.25, 0.3) is 0 Å². The molecule has 0 bridgehead atoms. The molecular formula is C44H83BrO3Si. The molecule has 0 saturated heterocycles. The molecule has 0 aromatic heterocycles. The van der Waals surface area contributed by atoms with Gasteiger partial charge in [0.2, 0.25) is 0 Å². The topological polar surface area (TPSA) is 27.7 Å². The molecule has 0 heterocycles. The van der Waals surface area contributed by atoms with Gasteiger partial charge in [-0.3, -0.25) is 0 Å². The minimum absolute atomic E-state index is 0.119. The Labute approximate surface area is 317 Å². The summed E-state index contributed by atoms with van der Waals surface area (Å²) in [6, 6.07) is 0. The SMILES string of the molecule is CCCCC/C=C\C/C=C\CCCCCCCCOC(CCCCCCC/C=C\C/C=C\CCCCC)O[Si](C)(C)OCCCCCCBr. The Morgan fingerprint density at radius 2 is 0.878 bits per heavy atom. The number of unbranched alkanes of at least 4 members (excludes halogenated alkanes) is 20. The normalized spacial score (nSPS) is 13.3. The van der Waals surface area contributed by atoms with Gasteiger partial charge in [-0.1, -0.05) is 162 Å². The summed E-state index contributed by atoms with van der Waals surface area (Å²) < 4.78 is 19.3. The van der Waals surface area contributed by atoms with Crippen LogP contribution in [-0.4, -0.2) is 33.4 Å². The van der Waals surface area contributed by atoms with Crippen LogP contribution in [0.1, 0.15) is 194 Å². The zero-order chi connectivity index (χ0) is 35.8. The smallest absolute Gasteiger partial charge is 0.333 e. The molecule has 0 N–H and O–H groups in total. The summed E-state index contributed by atoms with van der Waals surface area (Å²) in [6.45, 7) is 10.5. The van der Waals surface area contributed by atoms with Crippen LogP contribution >= 0.6 is 15.9 Å². The maximum Gasteiger partial charge on any atom is 0.333 e. The van der Waals surface area contributed by atoms with E-state index in [1.807, 2.05) is 0 Å². The Morgan fingerprint density at radius 3 is 1.37 bits per heavy atom. The Balaban J connectivity index is 4.20. The van der Waals surface area contributed by atoms with Crippen molar-refractivity contribution in [2.45, 2.75) is 213 Å². The van der Waals surface area contributed by atoms with Crippen molar-refractivity contribution < 1.29 is 13.6 Å². The Kier molecular flexibility index (Phi) is 39.9.